The van der Waals surface area contributed by atoms with E-state index >= 15 is 0 Å². The van der Waals surface area contributed by atoms with Crippen LogP contribution in [0.3, 0.4) is 0 Å². The van der Waals surface area contributed by atoms with E-state index in [9.17, 15) is 0 Å². The highest BCUT2D eigenvalue weighted by Gasteiger charge is 2.51. The second-order valence-corrected chi connectivity index (χ2v) is 10.00. The van der Waals surface area contributed by atoms with Gasteiger partial charge in [0.15, 0.2) is 18.9 Å². The lowest BCUT2D eigenvalue weighted by molar-refractivity contribution is -0.324. The Bertz CT molecular complexity index is 1180. The molecule has 0 aliphatic carbocycles. The van der Waals surface area contributed by atoms with Gasteiger partial charge in [-0.05, 0) is 18.2 Å². The van der Waals surface area contributed by atoms with Crippen LogP contribution in [-0.2, 0) is 28.4 Å². The zero-order chi connectivity index (χ0) is 24.6. The molecule has 3 saturated heterocycles. The Kier molecular flexibility index (Phi) is 7.23. The number of hydrogen-bond acceptors (Lipinski definition) is 6. The van der Waals surface area contributed by atoms with Gasteiger partial charge in [0, 0.05) is 31.8 Å². The number of hydrogen-bond donors (Lipinski definition) is 0. The van der Waals surface area contributed by atoms with E-state index in [1.165, 1.54) is 0 Å². The summed E-state index contributed by atoms with van der Waals surface area (Å²) in [6.45, 7) is 0.430. The fourth-order valence-electron chi connectivity index (χ4n) is 4.73. The molecule has 0 aromatic heterocycles. The van der Waals surface area contributed by atoms with Crippen LogP contribution in [0, 0.1) is 0 Å². The molecule has 3 heterocycles. The van der Waals surface area contributed by atoms with Crippen LogP contribution in [-0.4, -0.2) is 37.6 Å². The number of ether oxygens (including phenoxy) is 6. The first-order valence-electron chi connectivity index (χ1n) is 11.7. The molecule has 3 fully saturated rings. The fourth-order valence-corrected chi connectivity index (χ4v) is 5.40. The van der Waals surface area contributed by atoms with Gasteiger partial charge in [-0.2, -0.15) is 0 Å². The van der Waals surface area contributed by atoms with E-state index in [1.54, 1.807) is 18.2 Å². The Morgan fingerprint density at radius 3 is 1.31 bits per heavy atom. The number of rotatable bonds is 3. The van der Waals surface area contributed by atoms with Crippen LogP contribution in [0.15, 0.2) is 72.8 Å². The summed E-state index contributed by atoms with van der Waals surface area (Å²) in [6, 6.07) is 22.3. The van der Waals surface area contributed by atoms with Crippen molar-refractivity contribution in [3.05, 3.63) is 105 Å². The predicted octanol–water partition coefficient (Wildman–Crippen LogP) is 6.66. The summed E-state index contributed by atoms with van der Waals surface area (Å²) in [6.07, 6.45) is -4.11. The summed E-state index contributed by atoms with van der Waals surface area (Å²) < 4.78 is 37.9. The molecular weight excluding hydrogens is 527 g/mol. The molecule has 7 atom stereocenters. The summed E-state index contributed by atoms with van der Waals surface area (Å²) in [5.41, 5.74) is 2.18. The van der Waals surface area contributed by atoms with Crippen molar-refractivity contribution in [1.82, 2.24) is 0 Å². The molecule has 9 heteroatoms. The van der Waals surface area contributed by atoms with E-state index in [0.29, 0.717) is 20.6 Å². The molecule has 0 radical (unpaired) electrons. The number of fused-ring (bicyclic) bond motifs is 3. The summed E-state index contributed by atoms with van der Waals surface area (Å²) in [7, 11) is 0. The van der Waals surface area contributed by atoms with Crippen molar-refractivity contribution in [3.8, 4) is 0 Å². The molecule has 3 aliphatic heterocycles. The van der Waals surface area contributed by atoms with E-state index in [0.717, 1.165) is 11.1 Å². The largest absolute Gasteiger partial charge is 0.346 e. The molecule has 0 N–H and O–H groups in total. The molecule has 0 saturated carbocycles. The Morgan fingerprint density at radius 2 is 0.833 bits per heavy atom. The SMILES string of the molecule is Clc1ccccc1C1OC[C@H]2OC(c3ccccc3Cl)OC[C@@H]3OC(c4ccccc4Cl)O[C@@H]3[C@H]2O1. The highest BCUT2D eigenvalue weighted by molar-refractivity contribution is 6.32. The summed E-state index contributed by atoms with van der Waals surface area (Å²) >= 11 is 19.4. The zero-order valence-electron chi connectivity index (χ0n) is 19.0. The van der Waals surface area contributed by atoms with Crippen LogP contribution < -0.4 is 0 Å². The predicted molar refractivity (Wildman–Crippen MR) is 134 cm³/mol. The molecule has 6 rings (SSSR count). The maximum atomic E-state index is 6.48. The maximum Gasteiger partial charge on any atom is 0.186 e. The molecule has 188 valence electrons. The summed E-state index contributed by atoms with van der Waals surface area (Å²) in [5.74, 6) is 0. The smallest absolute Gasteiger partial charge is 0.186 e. The van der Waals surface area contributed by atoms with Gasteiger partial charge in [-0.3, -0.25) is 0 Å². The van der Waals surface area contributed by atoms with E-state index in [1.807, 2.05) is 54.6 Å². The molecule has 3 unspecified atom stereocenters. The monoisotopic (exact) mass is 548 g/mol. The summed E-state index contributed by atoms with van der Waals surface area (Å²) in [5, 5.41) is 1.65. The minimum atomic E-state index is -0.737. The van der Waals surface area contributed by atoms with Gasteiger partial charge in [0.2, 0.25) is 0 Å². The molecule has 0 spiro atoms. The fraction of sp³-hybridized carbons (Fsp3) is 0.333. The van der Waals surface area contributed by atoms with Gasteiger partial charge in [-0.15, -0.1) is 0 Å². The lowest BCUT2D eigenvalue weighted by atomic mass is 10.0. The van der Waals surface area contributed by atoms with Crippen molar-refractivity contribution in [1.29, 1.82) is 0 Å². The van der Waals surface area contributed by atoms with Gasteiger partial charge >= 0.3 is 0 Å². The van der Waals surface area contributed by atoms with E-state index in [4.69, 9.17) is 63.2 Å². The van der Waals surface area contributed by atoms with Gasteiger partial charge in [-0.1, -0.05) is 89.4 Å². The topological polar surface area (TPSA) is 55.4 Å². The Balaban J connectivity index is 1.33. The first-order valence-corrected chi connectivity index (χ1v) is 12.8. The van der Waals surface area contributed by atoms with Crippen LogP contribution in [0.25, 0.3) is 0 Å². The van der Waals surface area contributed by atoms with Gasteiger partial charge in [-0.25, -0.2) is 0 Å². The van der Waals surface area contributed by atoms with E-state index in [2.05, 4.69) is 0 Å². The third-order valence-corrected chi connectivity index (χ3v) is 7.55. The van der Waals surface area contributed by atoms with Crippen molar-refractivity contribution in [2.45, 2.75) is 43.3 Å². The molecule has 3 aromatic rings. The molecule has 0 amide bonds. The first-order chi connectivity index (χ1) is 17.6. The van der Waals surface area contributed by atoms with E-state index < -0.39 is 43.3 Å². The maximum absolute atomic E-state index is 6.48. The lowest BCUT2D eigenvalue weighted by Gasteiger charge is -2.42. The van der Waals surface area contributed by atoms with Crippen LogP contribution >= 0.6 is 34.8 Å². The Labute approximate surface area is 223 Å². The first kappa shape index (κ1) is 24.6. The highest BCUT2D eigenvalue weighted by Crippen LogP contribution is 2.44. The molecule has 6 nitrogen and oxygen atoms in total. The second kappa shape index (κ2) is 10.6. The molecule has 3 aromatic carbocycles. The average Bonchev–Trinajstić information content (AvgIpc) is 3.30. The van der Waals surface area contributed by atoms with Crippen molar-refractivity contribution < 1.29 is 28.4 Å². The zero-order valence-corrected chi connectivity index (χ0v) is 21.2. The van der Waals surface area contributed by atoms with Crippen LogP contribution in [0.4, 0.5) is 0 Å². The lowest BCUT2D eigenvalue weighted by Crippen LogP contribution is -2.54. The van der Waals surface area contributed by atoms with E-state index in [-0.39, 0.29) is 13.2 Å². The van der Waals surface area contributed by atoms with Crippen LogP contribution in [0.1, 0.15) is 35.6 Å². The van der Waals surface area contributed by atoms with Crippen LogP contribution in [0.2, 0.25) is 15.1 Å². The standard InChI is InChI=1S/C27H23Cl3O6/c28-18-10-4-1-7-15(18)25-31-14-22-24(36-27(34-22)17-9-3-6-12-20(17)30)23-21(33-25)13-32-26(35-23)16-8-2-5-11-19(16)29/h1-12,21-27H,13-14H2/t21-,22+,23+,24+,25?,26?,27?/m1/s1. The average molecular weight is 550 g/mol. The van der Waals surface area contributed by atoms with Crippen molar-refractivity contribution >= 4 is 34.8 Å². The molecule has 3 aliphatic rings. The minimum absolute atomic E-state index is 0.200. The summed E-state index contributed by atoms with van der Waals surface area (Å²) in [4.78, 5) is 0. The van der Waals surface area contributed by atoms with Gasteiger partial charge < -0.3 is 28.4 Å². The second-order valence-electron chi connectivity index (χ2n) is 8.78. The minimum Gasteiger partial charge on any atom is -0.346 e. The van der Waals surface area contributed by atoms with Gasteiger partial charge in [0.25, 0.3) is 0 Å². The highest BCUT2D eigenvalue weighted by atomic mass is 35.5. The van der Waals surface area contributed by atoms with Gasteiger partial charge in [0.05, 0.1) is 13.2 Å². The molecule has 0 bridgehead atoms. The number of benzene rings is 3. The van der Waals surface area contributed by atoms with Gasteiger partial charge in [0.1, 0.15) is 24.4 Å². The van der Waals surface area contributed by atoms with Crippen molar-refractivity contribution in [2.75, 3.05) is 13.2 Å². The Morgan fingerprint density at radius 1 is 0.472 bits per heavy atom. The third-order valence-electron chi connectivity index (χ3n) is 6.52. The van der Waals surface area contributed by atoms with Crippen molar-refractivity contribution in [3.63, 3.8) is 0 Å². The molecular formula is C27H23Cl3O6. The van der Waals surface area contributed by atoms with Crippen LogP contribution in [0.5, 0.6) is 0 Å². The Hall–Kier alpha value is -1.71. The third kappa shape index (κ3) is 4.78. The van der Waals surface area contributed by atoms with Crippen molar-refractivity contribution in [2.24, 2.45) is 0 Å². The quantitative estimate of drug-likeness (QED) is 0.364. The molecule has 36 heavy (non-hydrogen) atoms. The number of halogens is 3. The normalized spacial score (nSPS) is 32.2.